The summed E-state index contributed by atoms with van der Waals surface area (Å²) >= 11 is 0. The van der Waals surface area contributed by atoms with Crippen LogP contribution in [0.2, 0.25) is 0 Å². The SMILES string of the molecule is CNC(C)C(=O)N(C)C(C)(C)C(=O)O. The molecule has 1 amide bonds. The molecular formula is C9H18N2O3. The van der Waals surface area contributed by atoms with Crippen molar-refractivity contribution in [1.82, 2.24) is 10.2 Å². The van der Waals surface area contributed by atoms with Crippen LogP contribution in [0.5, 0.6) is 0 Å². The summed E-state index contributed by atoms with van der Waals surface area (Å²) in [6.07, 6.45) is 0. The molecule has 0 saturated heterocycles. The number of carbonyl (C=O) groups excluding carboxylic acids is 1. The summed E-state index contributed by atoms with van der Waals surface area (Å²) in [5.74, 6) is -1.25. The number of hydrogen-bond donors (Lipinski definition) is 2. The highest BCUT2D eigenvalue weighted by Crippen LogP contribution is 2.13. The lowest BCUT2D eigenvalue weighted by molar-refractivity contribution is -0.155. The molecule has 0 saturated carbocycles. The van der Waals surface area contributed by atoms with Crippen LogP contribution in [0.4, 0.5) is 0 Å². The first kappa shape index (κ1) is 12.9. The monoisotopic (exact) mass is 202 g/mol. The molecule has 0 spiro atoms. The lowest BCUT2D eigenvalue weighted by Crippen LogP contribution is -2.55. The van der Waals surface area contributed by atoms with E-state index >= 15 is 0 Å². The molecule has 0 aromatic rings. The number of aliphatic carboxylic acids is 1. The molecular weight excluding hydrogens is 184 g/mol. The summed E-state index contributed by atoms with van der Waals surface area (Å²) in [7, 11) is 3.15. The third-order valence-electron chi connectivity index (χ3n) is 2.50. The van der Waals surface area contributed by atoms with Crippen molar-refractivity contribution in [3.05, 3.63) is 0 Å². The molecule has 14 heavy (non-hydrogen) atoms. The fraction of sp³-hybridized carbons (Fsp3) is 0.778. The molecule has 1 atom stereocenters. The molecule has 0 bridgehead atoms. The Hall–Kier alpha value is -1.10. The molecule has 0 aliphatic carbocycles. The topological polar surface area (TPSA) is 69.6 Å². The summed E-state index contributed by atoms with van der Waals surface area (Å²) in [4.78, 5) is 23.7. The predicted octanol–water partition coefficient (Wildman–Crippen LogP) is -0.0841. The van der Waals surface area contributed by atoms with Gasteiger partial charge < -0.3 is 15.3 Å². The van der Waals surface area contributed by atoms with Gasteiger partial charge in [0.15, 0.2) is 0 Å². The Morgan fingerprint density at radius 3 is 2.14 bits per heavy atom. The number of hydrogen-bond acceptors (Lipinski definition) is 3. The number of rotatable bonds is 4. The van der Waals surface area contributed by atoms with Crippen LogP contribution in [0.15, 0.2) is 0 Å². The average molecular weight is 202 g/mol. The lowest BCUT2D eigenvalue weighted by atomic mass is 10.0. The highest BCUT2D eigenvalue weighted by Gasteiger charge is 2.36. The van der Waals surface area contributed by atoms with Gasteiger partial charge >= 0.3 is 5.97 Å². The minimum absolute atomic E-state index is 0.236. The van der Waals surface area contributed by atoms with Crippen molar-refractivity contribution in [2.24, 2.45) is 0 Å². The van der Waals surface area contributed by atoms with Gasteiger partial charge in [-0.3, -0.25) is 4.79 Å². The predicted molar refractivity (Wildman–Crippen MR) is 53.0 cm³/mol. The summed E-state index contributed by atoms with van der Waals surface area (Å²) in [5, 5.41) is 11.7. The number of likely N-dealkylation sites (N-methyl/N-ethyl adjacent to an activating group) is 2. The van der Waals surface area contributed by atoms with Crippen LogP contribution in [0, 0.1) is 0 Å². The highest BCUT2D eigenvalue weighted by molar-refractivity contribution is 5.88. The van der Waals surface area contributed by atoms with Crippen LogP contribution in [-0.2, 0) is 9.59 Å². The summed E-state index contributed by atoms with van der Waals surface area (Å²) in [5.41, 5.74) is -1.18. The number of carboxylic acid groups (broad SMARTS) is 1. The maximum Gasteiger partial charge on any atom is 0.329 e. The minimum Gasteiger partial charge on any atom is -0.480 e. The first-order valence-electron chi connectivity index (χ1n) is 4.43. The molecule has 2 N–H and O–H groups in total. The summed E-state index contributed by atoms with van der Waals surface area (Å²) < 4.78 is 0. The second-order valence-electron chi connectivity index (χ2n) is 3.77. The second kappa shape index (κ2) is 4.41. The normalized spacial score (nSPS) is 13.5. The Kier molecular flexibility index (Phi) is 4.07. The Balaban J connectivity index is 4.69. The zero-order chi connectivity index (χ0) is 11.5. The summed E-state index contributed by atoms with van der Waals surface area (Å²) in [6.45, 7) is 4.68. The van der Waals surface area contributed by atoms with Gasteiger partial charge in [0.2, 0.25) is 5.91 Å². The number of carboxylic acids is 1. The van der Waals surface area contributed by atoms with Gasteiger partial charge in [0.1, 0.15) is 5.54 Å². The van der Waals surface area contributed by atoms with Gasteiger partial charge in [-0.05, 0) is 27.8 Å². The molecule has 82 valence electrons. The van der Waals surface area contributed by atoms with E-state index in [2.05, 4.69) is 5.32 Å². The second-order valence-corrected chi connectivity index (χ2v) is 3.77. The van der Waals surface area contributed by atoms with Crippen LogP contribution in [-0.4, -0.2) is 47.6 Å². The van der Waals surface area contributed by atoms with E-state index in [4.69, 9.17) is 5.11 Å². The van der Waals surface area contributed by atoms with E-state index in [1.165, 1.54) is 25.8 Å². The van der Waals surface area contributed by atoms with E-state index in [9.17, 15) is 9.59 Å². The van der Waals surface area contributed by atoms with E-state index in [1.54, 1.807) is 14.0 Å². The smallest absolute Gasteiger partial charge is 0.329 e. The Labute approximate surface area is 84.1 Å². The molecule has 0 heterocycles. The first-order valence-corrected chi connectivity index (χ1v) is 4.43. The maximum absolute atomic E-state index is 11.6. The van der Waals surface area contributed by atoms with Crippen LogP contribution >= 0.6 is 0 Å². The van der Waals surface area contributed by atoms with Crippen molar-refractivity contribution in [2.45, 2.75) is 32.4 Å². The van der Waals surface area contributed by atoms with E-state index in [0.717, 1.165) is 0 Å². The minimum atomic E-state index is -1.18. The highest BCUT2D eigenvalue weighted by atomic mass is 16.4. The van der Waals surface area contributed by atoms with Crippen LogP contribution in [0.3, 0.4) is 0 Å². The van der Waals surface area contributed by atoms with Gasteiger partial charge in [-0.25, -0.2) is 4.79 Å². The molecule has 5 nitrogen and oxygen atoms in total. The Morgan fingerprint density at radius 1 is 1.43 bits per heavy atom. The fourth-order valence-corrected chi connectivity index (χ4v) is 0.833. The van der Waals surface area contributed by atoms with Gasteiger partial charge in [-0.1, -0.05) is 0 Å². The molecule has 0 rings (SSSR count). The van der Waals surface area contributed by atoms with Gasteiger partial charge in [0, 0.05) is 7.05 Å². The molecule has 0 fully saturated rings. The van der Waals surface area contributed by atoms with Crippen molar-refractivity contribution in [1.29, 1.82) is 0 Å². The third kappa shape index (κ3) is 2.45. The first-order chi connectivity index (χ1) is 6.25. The van der Waals surface area contributed by atoms with Crippen LogP contribution in [0.25, 0.3) is 0 Å². The van der Waals surface area contributed by atoms with Crippen molar-refractivity contribution < 1.29 is 14.7 Å². The van der Waals surface area contributed by atoms with E-state index < -0.39 is 11.5 Å². The maximum atomic E-state index is 11.6. The molecule has 0 aliphatic rings. The van der Waals surface area contributed by atoms with Crippen molar-refractivity contribution >= 4 is 11.9 Å². The van der Waals surface area contributed by atoms with Crippen LogP contribution < -0.4 is 5.32 Å². The van der Waals surface area contributed by atoms with Gasteiger partial charge in [-0.15, -0.1) is 0 Å². The van der Waals surface area contributed by atoms with E-state index in [-0.39, 0.29) is 11.9 Å². The fourth-order valence-electron chi connectivity index (χ4n) is 0.833. The van der Waals surface area contributed by atoms with Crippen molar-refractivity contribution in [2.75, 3.05) is 14.1 Å². The zero-order valence-corrected chi connectivity index (χ0v) is 9.29. The molecule has 0 aromatic carbocycles. The van der Waals surface area contributed by atoms with Crippen LogP contribution in [0.1, 0.15) is 20.8 Å². The van der Waals surface area contributed by atoms with Crippen molar-refractivity contribution in [3.8, 4) is 0 Å². The molecule has 0 aromatic heterocycles. The Bertz CT molecular complexity index is 238. The van der Waals surface area contributed by atoms with E-state index in [0.29, 0.717) is 0 Å². The average Bonchev–Trinajstić information content (AvgIpc) is 2.13. The molecule has 0 aliphatic heterocycles. The number of nitrogens with zero attached hydrogens (tertiary/aromatic N) is 1. The number of carbonyl (C=O) groups is 2. The van der Waals surface area contributed by atoms with E-state index in [1.807, 2.05) is 0 Å². The summed E-state index contributed by atoms with van der Waals surface area (Å²) in [6, 6.07) is -0.376. The molecule has 5 heteroatoms. The molecule has 1 unspecified atom stereocenters. The number of amides is 1. The largest absolute Gasteiger partial charge is 0.480 e. The van der Waals surface area contributed by atoms with Crippen molar-refractivity contribution in [3.63, 3.8) is 0 Å². The van der Waals surface area contributed by atoms with Gasteiger partial charge in [-0.2, -0.15) is 0 Å². The van der Waals surface area contributed by atoms with Gasteiger partial charge in [0.25, 0.3) is 0 Å². The quantitative estimate of drug-likeness (QED) is 0.668. The molecule has 0 radical (unpaired) electrons. The number of nitrogens with one attached hydrogen (secondary N) is 1. The Morgan fingerprint density at radius 2 is 1.86 bits per heavy atom. The van der Waals surface area contributed by atoms with Gasteiger partial charge in [0.05, 0.1) is 6.04 Å². The zero-order valence-electron chi connectivity index (χ0n) is 9.29. The third-order valence-corrected chi connectivity index (χ3v) is 2.50. The standard InChI is InChI=1S/C9H18N2O3/c1-6(10-4)7(12)11(5)9(2,3)8(13)14/h6,10H,1-5H3,(H,13,14). The lowest BCUT2D eigenvalue weighted by Gasteiger charge is -2.33.